The molecule has 27 heavy (non-hydrogen) atoms. The van der Waals surface area contributed by atoms with Gasteiger partial charge in [-0.15, -0.1) is 0 Å². The van der Waals surface area contributed by atoms with Gasteiger partial charge in [-0.3, -0.25) is 4.79 Å². The molecule has 0 unspecified atom stereocenters. The third kappa shape index (κ3) is 7.21. The lowest BCUT2D eigenvalue weighted by molar-refractivity contribution is -0.116. The van der Waals surface area contributed by atoms with E-state index in [1.165, 1.54) is 12.1 Å². The number of rotatable bonds is 9. The Kier molecular flexibility index (Phi) is 7.65. The maximum absolute atomic E-state index is 12.1. The van der Waals surface area contributed by atoms with Crippen LogP contribution in [0.5, 0.6) is 5.75 Å². The molecular formula is C19H23ClN2O4S. The maximum Gasteiger partial charge on any atom is 0.240 e. The molecule has 0 aliphatic carbocycles. The fourth-order valence-electron chi connectivity index (χ4n) is 2.09. The number of nitrogens with one attached hydrogen (secondary N) is 2. The zero-order valence-corrected chi connectivity index (χ0v) is 16.8. The van der Waals surface area contributed by atoms with Gasteiger partial charge in [-0.1, -0.05) is 25.4 Å². The molecule has 146 valence electrons. The number of halogens is 1. The zero-order chi connectivity index (χ0) is 19.9. The van der Waals surface area contributed by atoms with Crippen molar-refractivity contribution in [1.82, 2.24) is 4.72 Å². The van der Waals surface area contributed by atoms with Crippen LogP contribution in [0.15, 0.2) is 53.4 Å². The smallest absolute Gasteiger partial charge is 0.240 e. The van der Waals surface area contributed by atoms with Crippen LogP contribution in [0.4, 0.5) is 5.69 Å². The first-order valence-electron chi connectivity index (χ1n) is 8.54. The predicted octanol–water partition coefficient (Wildman–Crippen LogP) is 3.68. The van der Waals surface area contributed by atoms with Crippen LogP contribution in [-0.4, -0.2) is 27.5 Å². The van der Waals surface area contributed by atoms with Gasteiger partial charge in [-0.05, 0) is 54.4 Å². The molecule has 0 fully saturated rings. The first-order valence-corrected chi connectivity index (χ1v) is 10.4. The highest BCUT2D eigenvalue weighted by Crippen LogP contribution is 2.16. The molecule has 0 aromatic heterocycles. The minimum Gasteiger partial charge on any atom is -0.493 e. The molecule has 0 heterocycles. The number of amides is 1. The average molecular weight is 411 g/mol. The number of carbonyl (C=O) groups excluding carboxylic acids is 1. The number of benzene rings is 2. The van der Waals surface area contributed by atoms with Gasteiger partial charge in [-0.2, -0.15) is 0 Å². The van der Waals surface area contributed by atoms with Gasteiger partial charge in [0, 0.05) is 17.3 Å². The third-order valence-electron chi connectivity index (χ3n) is 3.54. The summed E-state index contributed by atoms with van der Waals surface area (Å²) in [4.78, 5) is 12.1. The predicted molar refractivity (Wildman–Crippen MR) is 107 cm³/mol. The van der Waals surface area contributed by atoms with E-state index in [0.29, 0.717) is 23.0 Å². The molecule has 0 aliphatic heterocycles. The van der Waals surface area contributed by atoms with Gasteiger partial charge in [0.2, 0.25) is 15.9 Å². The molecule has 1 amide bonds. The molecule has 0 aliphatic rings. The van der Waals surface area contributed by atoms with E-state index in [2.05, 4.69) is 10.0 Å². The van der Waals surface area contributed by atoms with Crippen molar-refractivity contribution < 1.29 is 17.9 Å². The van der Waals surface area contributed by atoms with Gasteiger partial charge in [-0.25, -0.2) is 13.1 Å². The van der Waals surface area contributed by atoms with Crippen LogP contribution in [0.3, 0.4) is 0 Å². The molecule has 0 radical (unpaired) electrons. The quantitative estimate of drug-likeness (QED) is 0.660. The van der Waals surface area contributed by atoms with E-state index in [-0.39, 0.29) is 29.7 Å². The molecule has 2 rings (SSSR count). The van der Waals surface area contributed by atoms with Crippen molar-refractivity contribution in [2.75, 3.05) is 18.5 Å². The number of ether oxygens (including phenoxy) is 1. The van der Waals surface area contributed by atoms with Crippen molar-refractivity contribution in [2.45, 2.75) is 25.2 Å². The van der Waals surface area contributed by atoms with E-state index in [1.807, 2.05) is 13.8 Å². The third-order valence-corrected chi connectivity index (χ3v) is 5.23. The minimum atomic E-state index is -3.54. The van der Waals surface area contributed by atoms with Crippen LogP contribution in [0, 0.1) is 5.92 Å². The van der Waals surface area contributed by atoms with E-state index >= 15 is 0 Å². The second-order valence-corrected chi connectivity index (χ2v) is 8.57. The molecule has 0 bridgehead atoms. The maximum atomic E-state index is 12.1. The first-order chi connectivity index (χ1) is 12.8. The molecule has 0 atom stereocenters. The van der Waals surface area contributed by atoms with E-state index in [9.17, 15) is 13.2 Å². The number of sulfonamides is 1. The van der Waals surface area contributed by atoms with Crippen LogP contribution in [0.2, 0.25) is 5.02 Å². The molecule has 2 aromatic carbocycles. The van der Waals surface area contributed by atoms with Gasteiger partial charge in [0.15, 0.2) is 0 Å². The SMILES string of the molecule is CC(C)CNS(=O)(=O)c1ccc(NC(=O)CCOc2ccc(Cl)cc2)cc1. The van der Waals surface area contributed by atoms with Gasteiger partial charge < -0.3 is 10.1 Å². The van der Waals surface area contributed by atoms with Gasteiger partial charge >= 0.3 is 0 Å². The Labute approximate surface area is 164 Å². The molecule has 0 saturated heterocycles. The number of hydrogen-bond acceptors (Lipinski definition) is 4. The van der Waals surface area contributed by atoms with Crippen molar-refractivity contribution >= 4 is 33.2 Å². The average Bonchev–Trinajstić information content (AvgIpc) is 2.62. The van der Waals surface area contributed by atoms with Crippen LogP contribution in [0.1, 0.15) is 20.3 Å². The second kappa shape index (κ2) is 9.73. The van der Waals surface area contributed by atoms with Crippen molar-refractivity contribution in [1.29, 1.82) is 0 Å². The summed E-state index contributed by atoms with van der Waals surface area (Å²) in [5.41, 5.74) is 0.523. The molecule has 2 aromatic rings. The second-order valence-electron chi connectivity index (χ2n) is 6.37. The summed E-state index contributed by atoms with van der Waals surface area (Å²) in [7, 11) is -3.54. The minimum absolute atomic E-state index is 0.159. The normalized spacial score (nSPS) is 11.4. The molecule has 2 N–H and O–H groups in total. The number of anilines is 1. The number of carbonyl (C=O) groups is 1. The zero-order valence-electron chi connectivity index (χ0n) is 15.2. The molecule has 0 spiro atoms. The highest BCUT2D eigenvalue weighted by Gasteiger charge is 2.14. The molecular weight excluding hydrogens is 388 g/mol. The standard InChI is InChI=1S/C19H23ClN2O4S/c1-14(2)13-21-27(24,25)18-9-5-16(6-10-18)22-19(23)11-12-26-17-7-3-15(20)4-8-17/h3-10,14,21H,11-13H2,1-2H3,(H,22,23). The van der Waals surface area contributed by atoms with Gasteiger partial charge in [0.25, 0.3) is 0 Å². The highest BCUT2D eigenvalue weighted by atomic mass is 35.5. The van der Waals surface area contributed by atoms with E-state index < -0.39 is 10.0 Å². The fourth-order valence-corrected chi connectivity index (χ4v) is 3.43. The van der Waals surface area contributed by atoms with Crippen molar-refractivity contribution in [2.24, 2.45) is 5.92 Å². The lowest BCUT2D eigenvalue weighted by Gasteiger charge is -2.10. The highest BCUT2D eigenvalue weighted by molar-refractivity contribution is 7.89. The van der Waals surface area contributed by atoms with Crippen molar-refractivity contribution in [3.8, 4) is 5.75 Å². The van der Waals surface area contributed by atoms with E-state index in [1.54, 1.807) is 36.4 Å². The molecule has 8 heteroatoms. The van der Waals surface area contributed by atoms with Gasteiger partial charge in [0.05, 0.1) is 17.9 Å². The Balaban J connectivity index is 1.82. The summed E-state index contributed by atoms with van der Waals surface area (Å²) in [6.07, 6.45) is 0.165. The van der Waals surface area contributed by atoms with Crippen LogP contribution in [-0.2, 0) is 14.8 Å². The van der Waals surface area contributed by atoms with Crippen LogP contribution in [0.25, 0.3) is 0 Å². The Morgan fingerprint density at radius 2 is 1.70 bits per heavy atom. The van der Waals surface area contributed by atoms with Crippen molar-refractivity contribution in [3.63, 3.8) is 0 Å². The van der Waals surface area contributed by atoms with Gasteiger partial charge in [0.1, 0.15) is 5.75 Å². The summed E-state index contributed by atoms with van der Waals surface area (Å²) in [5.74, 6) is 0.626. The van der Waals surface area contributed by atoms with E-state index in [4.69, 9.17) is 16.3 Å². The largest absolute Gasteiger partial charge is 0.493 e. The van der Waals surface area contributed by atoms with E-state index in [0.717, 1.165) is 0 Å². The lowest BCUT2D eigenvalue weighted by atomic mass is 10.2. The summed E-state index contributed by atoms with van der Waals surface area (Å²) in [5, 5.41) is 3.33. The topological polar surface area (TPSA) is 84.5 Å². The first kappa shape index (κ1) is 21.2. The van der Waals surface area contributed by atoms with Crippen LogP contribution >= 0.6 is 11.6 Å². The lowest BCUT2D eigenvalue weighted by Crippen LogP contribution is -2.27. The number of hydrogen-bond donors (Lipinski definition) is 2. The Bertz CT molecular complexity index is 850. The monoisotopic (exact) mass is 410 g/mol. The summed E-state index contributed by atoms with van der Waals surface area (Å²) in [6, 6.07) is 12.9. The summed E-state index contributed by atoms with van der Waals surface area (Å²) in [6.45, 7) is 4.45. The Morgan fingerprint density at radius 1 is 1.07 bits per heavy atom. The van der Waals surface area contributed by atoms with Crippen molar-refractivity contribution in [3.05, 3.63) is 53.6 Å². The summed E-state index contributed by atoms with van der Waals surface area (Å²) >= 11 is 5.80. The Morgan fingerprint density at radius 3 is 2.30 bits per heavy atom. The summed E-state index contributed by atoms with van der Waals surface area (Å²) < 4.78 is 32.3. The van der Waals surface area contributed by atoms with Crippen LogP contribution < -0.4 is 14.8 Å². The molecule has 6 nitrogen and oxygen atoms in total. The Hall–Kier alpha value is -2.09. The fraction of sp³-hybridized carbons (Fsp3) is 0.316. The molecule has 0 saturated carbocycles.